The summed E-state index contributed by atoms with van der Waals surface area (Å²) in [5.74, 6) is 0. The van der Waals surface area contributed by atoms with Crippen molar-refractivity contribution in [3.63, 3.8) is 0 Å². The van der Waals surface area contributed by atoms with Crippen LogP contribution in [0.1, 0.15) is 24.0 Å². The molecule has 0 saturated heterocycles. The van der Waals surface area contributed by atoms with Crippen LogP contribution in [-0.2, 0) is 22.9 Å². The smallest absolute Gasteiger partial charge is 0.240 e. The van der Waals surface area contributed by atoms with Crippen molar-refractivity contribution < 1.29 is 13.5 Å². The van der Waals surface area contributed by atoms with Crippen molar-refractivity contribution in [2.75, 3.05) is 4.90 Å². The summed E-state index contributed by atoms with van der Waals surface area (Å²) >= 11 is 5.90. The number of aryl methyl sites for hydroxylation is 2. The number of fused-ring (bicyclic) bond motifs is 2. The molecule has 1 aliphatic carbocycles. The Morgan fingerprint density at radius 1 is 0.844 bits per heavy atom. The van der Waals surface area contributed by atoms with Crippen LogP contribution in [0, 0.1) is 0 Å². The zero-order valence-corrected chi connectivity index (χ0v) is 19.1. The van der Waals surface area contributed by atoms with Crippen LogP contribution in [0.25, 0.3) is 0 Å². The molecule has 3 aromatic rings. The molecular weight excluding hydrogens is 444 g/mol. The van der Waals surface area contributed by atoms with E-state index in [-0.39, 0.29) is 10.9 Å². The Kier molecular flexibility index (Phi) is 5.72. The number of nitrogens with zero attached hydrogens (tertiary/aromatic N) is 1. The van der Waals surface area contributed by atoms with Crippen LogP contribution in [0.5, 0.6) is 0 Å². The van der Waals surface area contributed by atoms with E-state index in [0.29, 0.717) is 17.9 Å². The fourth-order valence-electron chi connectivity index (χ4n) is 4.92. The number of halogens is 1. The molecule has 0 spiro atoms. The van der Waals surface area contributed by atoms with Gasteiger partial charge in [0.05, 0.1) is 23.1 Å². The van der Waals surface area contributed by atoms with Gasteiger partial charge in [0.25, 0.3) is 0 Å². The van der Waals surface area contributed by atoms with Crippen molar-refractivity contribution >= 4 is 33.0 Å². The van der Waals surface area contributed by atoms with E-state index in [0.717, 1.165) is 24.2 Å². The lowest BCUT2D eigenvalue weighted by atomic mass is 10.0. The normalized spacial score (nSPS) is 22.8. The highest BCUT2D eigenvalue weighted by atomic mass is 35.5. The number of aliphatic hydroxyl groups excluding tert-OH is 1. The first-order chi connectivity index (χ1) is 15.4. The van der Waals surface area contributed by atoms with E-state index in [1.807, 2.05) is 24.3 Å². The molecule has 1 unspecified atom stereocenters. The first-order valence-corrected chi connectivity index (χ1v) is 12.7. The van der Waals surface area contributed by atoms with Gasteiger partial charge in [-0.2, -0.15) is 0 Å². The van der Waals surface area contributed by atoms with Gasteiger partial charge in [-0.3, -0.25) is 0 Å². The number of benzene rings is 3. The van der Waals surface area contributed by atoms with Crippen molar-refractivity contribution in [1.29, 1.82) is 0 Å². The summed E-state index contributed by atoms with van der Waals surface area (Å²) in [7, 11) is -3.76. The predicted octanol–water partition coefficient (Wildman–Crippen LogP) is 4.45. The van der Waals surface area contributed by atoms with Gasteiger partial charge < -0.3 is 10.0 Å². The second-order valence-corrected chi connectivity index (χ2v) is 10.6. The molecule has 3 aromatic carbocycles. The molecule has 2 N–H and O–H groups in total. The standard InChI is InChI=1S/C25H25ClN2O3S/c26-19-11-13-20(14-12-19)32(30,31)27-21-15-16-24(25(21)29)28-22-7-3-1-5-17(22)9-10-18-6-2-4-8-23(18)28/h1-8,11-14,21,24-25,27,29H,9-10,15-16H2/t21-,24?,25+/m1/s1. The Balaban J connectivity index is 1.46. The Labute approximate surface area is 193 Å². The highest BCUT2D eigenvalue weighted by Crippen LogP contribution is 2.41. The molecule has 1 saturated carbocycles. The van der Waals surface area contributed by atoms with Gasteiger partial charge in [0, 0.05) is 16.4 Å². The molecule has 0 aromatic heterocycles. The zero-order chi connectivity index (χ0) is 22.3. The zero-order valence-electron chi connectivity index (χ0n) is 17.5. The summed E-state index contributed by atoms with van der Waals surface area (Å²) in [6.45, 7) is 0. The molecule has 5 nitrogen and oxygen atoms in total. The van der Waals surface area contributed by atoms with E-state index in [4.69, 9.17) is 11.6 Å². The van der Waals surface area contributed by atoms with E-state index >= 15 is 0 Å². The summed E-state index contributed by atoms with van der Waals surface area (Å²) in [4.78, 5) is 2.36. The lowest BCUT2D eigenvalue weighted by Gasteiger charge is -2.35. The van der Waals surface area contributed by atoms with Crippen LogP contribution in [0.4, 0.5) is 11.4 Å². The minimum absolute atomic E-state index is 0.142. The van der Waals surface area contributed by atoms with Crippen LogP contribution >= 0.6 is 11.6 Å². The van der Waals surface area contributed by atoms with Crippen molar-refractivity contribution in [3.8, 4) is 0 Å². The summed E-state index contributed by atoms with van der Waals surface area (Å²) < 4.78 is 28.5. The fourth-order valence-corrected chi connectivity index (χ4v) is 6.33. The van der Waals surface area contributed by atoms with E-state index < -0.39 is 22.2 Å². The Hall–Kier alpha value is -2.38. The topological polar surface area (TPSA) is 69.6 Å². The molecule has 0 amide bonds. The minimum Gasteiger partial charge on any atom is -0.389 e. The van der Waals surface area contributed by atoms with Crippen LogP contribution < -0.4 is 9.62 Å². The number of nitrogens with one attached hydrogen (secondary N) is 1. The Morgan fingerprint density at radius 2 is 1.41 bits per heavy atom. The number of para-hydroxylation sites is 2. The third-order valence-corrected chi connectivity index (χ3v) is 8.27. The molecule has 1 fully saturated rings. The predicted molar refractivity (Wildman–Crippen MR) is 127 cm³/mol. The van der Waals surface area contributed by atoms with Crippen LogP contribution in [0.2, 0.25) is 5.02 Å². The molecule has 1 aliphatic heterocycles. The highest BCUT2D eigenvalue weighted by Gasteiger charge is 2.42. The van der Waals surface area contributed by atoms with Crippen LogP contribution in [0.15, 0.2) is 77.7 Å². The minimum atomic E-state index is -3.76. The number of hydrogen-bond acceptors (Lipinski definition) is 4. The van der Waals surface area contributed by atoms with Crippen LogP contribution in [0.3, 0.4) is 0 Å². The largest absolute Gasteiger partial charge is 0.389 e. The second kappa shape index (κ2) is 8.52. The van der Waals surface area contributed by atoms with Crippen molar-refractivity contribution in [3.05, 3.63) is 88.9 Å². The monoisotopic (exact) mass is 468 g/mol. The van der Waals surface area contributed by atoms with E-state index in [9.17, 15) is 13.5 Å². The maximum atomic E-state index is 12.9. The van der Waals surface area contributed by atoms with Gasteiger partial charge in [0.15, 0.2) is 0 Å². The van der Waals surface area contributed by atoms with Gasteiger partial charge >= 0.3 is 0 Å². The summed E-state index contributed by atoms with van der Waals surface area (Å²) in [6, 6.07) is 21.8. The number of anilines is 2. The third-order valence-electron chi connectivity index (χ3n) is 6.51. The maximum absolute atomic E-state index is 12.9. The quantitative estimate of drug-likeness (QED) is 0.593. The van der Waals surface area contributed by atoms with Gasteiger partial charge in [-0.1, -0.05) is 48.0 Å². The molecule has 3 atom stereocenters. The molecule has 0 bridgehead atoms. The van der Waals surface area contributed by atoms with E-state index in [1.165, 1.54) is 23.3 Å². The molecule has 0 radical (unpaired) electrons. The fraction of sp³-hybridized carbons (Fsp3) is 0.280. The molecular formula is C25H25ClN2O3S. The molecule has 1 heterocycles. The molecule has 5 rings (SSSR count). The summed E-state index contributed by atoms with van der Waals surface area (Å²) in [6.07, 6.45) is 2.24. The van der Waals surface area contributed by atoms with Gasteiger partial charge in [0.2, 0.25) is 10.0 Å². The second-order valence-electron chi connectivity index (χ2n) is 8.44. The first-order valence-electron chi connectivity index (χ1n) is 10.8. The van der Waals surface area contributed by atoms with E-state index in [1.54, 1.807) is 12.1 Å². The number of rotatable bonds is 4. The summed E-state index contributed by atoms with van der Waals surface area (Å²) in [5.41, 5.74) is 4.65. The Morgan fingerprint density at radius 3 is 2.00 bits per heavy atom. The van der Waals surface area contributed by atoms with E-state index in [2.05, 4.69) is 33.9 Å². The average Bonchev–Trinajstić information content (AvgIpc) is 3.04. The van der Waals surface area contributed by atoms with Crippen molar-refractivity contribution in [2.45, 2.75) is 48.8 Å². The Bertz CT molecular complexity index is 1180. The third kappa shape index (κ3) is 3.92. The van der Waals surface area contributed by atoms with Gasteiger partial charge in [-0.25, -0.2) is 13.1 Å². The van der Waals surface area contributed by atoms with Gasteiger partial charge in [0.1, 0.15) is 0 Å². The molecule has 166 valence electrons. The van der Waals surface area contributed by atoms with Crippen molar-refractivity contribution in [1.82, 2.24) is 4.72 Å². The molecule has 7 heteroatoms. The molecule has 32 heavy (non-hydrogen) atoms. The highest BCUT2D eigenvalue weighted by molar-refractivity contribution is 7.89. The lowest BCUT2D eigenvalue weighted by molar-refractivity contribution is 0.142. The van der Waals surface area contributed by atoms with Gasteiger partial charge in [-0.15, -0.1) is 0 Å². The van der Waals surface area contributed by atoms with Crippen LogP contribution in [-0.4, -0.2) is 31.7 Å². The summed E-state index contributed by atoms with van der Waals surface area (Å²) in [5, 5.41) is 11.8. The SMILES string of the molecule is O=S(=O)(N[C@@H]1CCC(N2c3ccccc3CCc3ccccc32)[C@H]1O)c1ccc(Cl)cc1. The van der Waals surface area contributed by atoms with Gasteiger partial charge in [-0.05, 0) is 73.2 Å². The number of aliphatic hydroxyl groups is 1. The lowest BCUT2D eigenvalue weighted by Crippen LogP contribution is -2.47. The number of hydrogen-bond donors (Lipinski definition) is 2. The molecule has 2 aliphatic rings. The average molecular weight is 469 g/mol. The van der Waals surface area contributed by atoms with Crippen molar-refractivity contribution in [2.24, 2.45) is 0 Å². The number of sulfonamides is 1. The maximum Gasteiger partial charge on any atom is 0.240 e. The first kappa shape index (κ1) is 21.5.